The van der Waals surface area contributed by atoms with Crippen LogP contribution < -0.4 is 0 Å². The van der Waals surface area contributed by atoms with Crippen LogP contribution in [0.25, 0.3) is 38.6 Å². The first-order chi connectivity index (χ1) is 21.7. The first kappa shape index (κ1) is 28.9. The van der Waals surface area contributed by atoms with Crippen molar-refractivity contribution in [2.24, 2.45) is 0 Å². The van der Waals surface area contributed by atoms with Crippen molar-refractivity contribution < 1.29 is 32.2 Å². The first-order valence-corrected chi connectivity index (χ1v) is 15.8. The van der Waals surface area contributed by atoms with Gasteiger partial charge in [0.25, 0.3) is 10.0 Å². The van der Waals surface area contributed by atoms with Gasteiger partial charge in [-0.05, 0) is 66.2 Å². The second-order valence-corrected chi connectivity index (χ2v) is 12.7. The van der Waals surface area contributed by atoms with Gasteiger partial charge in [0.2, 0.25) is 0 Å². The monoisotopic (exact) mass is 625 g/mol. The molecule has 1 aliphatic heterocycles. The van der Waals surface area contributed by atoms with Crippen molar-refractivity contribution in [2.45, 2.75) is 23.3 Å². The van der Waals surface area contributed by atoms with Crippen LogP contribution in [0.3, 0.4) is 0 Å². The lowest BCUT2D eigenvalue weighted by Gasteiger charge is -2.34. The minimum absolute atomic E-state index is 0.0924. The molecule has 4 aromatic carbocycles. The van der Waals surface area contributed by atoms with E-state index in [-0.39, 0.29) is 4.90 Å². The lowest BCUT2D eigenvalue weighted by molar-refractivity contribution is -0.0708. The van der Waals surface area contributed by atoms with E-state index in [4.69, 9.17) is 9.47 Å². The average Bonchev–Trinajstić information content (AvgIpc) is 3.64. The van der Waals surface area contributed by atoms with Gasteiger partial charge in [0.1, 0.15) is 11.4 Å². The topological polar surface area (TPSA) is 113 Å². The molecule has 1 N–H and O–H groups in total. The Labute approximate surface area is 258 Å². The quantitative estimate of drug-likeness (QED) is 0.233. The SMILES string of the molecule is COC(=O)c1ccc(-c2c(C3(O)CCOCC3)n(-c3ccc(F)cc3)c3cc4cnn(S(=O)(=O)c5ccccc5)c4cc23)cc1. The molecule has 9 nitrogen and oxygen atoms in total. The summed E-state index contributed by atoms with van der Waals surface area (Å²) in [6, 6.07) is 24.5. The summed E-state index contributed by atoms with van der Waals surface area (Å²) >= 11 is 0. The van der Waals surface area contributed by atoms with Crippen LogP contribution >= 0.6 is 0 Å². The minimum atomic E-state index is -4.04. The molecule has 11 heteroatoms. The molecule has 7 rings (SSSR count). The van der Waals surface area contributed by atoms with E-state index in [1.807, 2.05) is 10.6 Å². The van der Waals surface area contributed by atoms with Gasteiger partial charge in [0, 0.05) is 48.1 Å². The summed E-state index contributed by atoms with van der Waals surface area (Å²) in [5.41, 5.74) is 2.49. The first-order valence-electron chi connectivity index (χ1n) is 14.3. The van der Waals surface area contributed by atoms with Gasteiger partial charge < -0.3 is 19.1 Å². The summed E-state index contributed by atoms with van der Waals surface area (Å²) in [5, 5.41) is 17.8. The van der Waals surface area contributed by atoms with Crippen molar-refractivity contribution in [1.82, 2.24) is 13.8 Å². The van der Waals surface area contributed by atoms with Gasteiger partial charge in [-0.25, -0.2) is 9.18 Å². The molecule has 0 aliphatic carbocycles. The third-order valence-corrected chi connectivity index (χ3v) is 9.95. The third-order valence-electron chi connectivity index (χ3n) is 8.33. The van der Waals surface area contributed by atoms with Crippen LogP contribution in [-0.4, -0.2) is 53.6 Å². The van der Waals surface area contributed by atoms with E-state index in [1.54, 1.807) is 60.7 Å². The number of methoxy groups -OCH3 is 1. The molecule has 0 saturated carbocycles. The number of benzene rings is 4. The summed E-state index contributed by atoms with van der Waals surface area (Å²) in [4.78, 5) is 12.3. The zero-order valence-corrected chi connectivity index (χ0v) is 25.0. The number of ether oxygens (including phenoxy) is 2. The van der Waals surface area contributed by atoms with E-state index in [9.17, 15) is 22.7 Å². The van der Waals surface area contributed by atoms with Gasteiger partial charge >= 0.3 is 5.97 Å². The molecule has 2 aromatic heterocycles. The Balaban J connectivity index is 1.59. The van der Waals surface area contributed by atoms with E-state index in [0.29, 0.717) is 75.9 Å². The maximum Gasteiger partial charge on any atom is 0.337 e. The number of hydrogen-bond donors (Lipinski definition) is 1. The van der Waals surface area contributed by atoms with Gasteiger partial charge in [0.05, 0.1) is 40.5 Å². The molecule has 0 amide bonds. The zero-order valence-electron chi connectivity index (χ0n) is 24.2. The van der Waals surface area contributed by atoms with Crippen molar-refractivity contribution >= 4 is 37.8 Å². The zero-order chi connectivity index (χ0) is 31.3. The van der Waals surface area contributed by atoms with Gasteiger partial charge in [0.15, 0.2) is 0 Å². The standard InChI is InChI=1S/C34H28FN3O6S/c1-43-33(39)23-9-7-22(8-10-23)31-28-20-29-24(21-36-38(29)45(41,42)27-5-3-2-4-6-27)19-30(28)37(26-13-11-25(35)12-14-26)32(31)34(40)15-17-44-18-16-34/h2-14,19-21,40H,15-18H2,1H3. The fourth-order valence-corrected chi connectivity index (χ4v) is 7.38. The van der Waals surface area contributed by atoms with Crippen LogP contribution in [0.4, 0.5) is 4.39 Å². The summed E-state index contributed by atoms with van der Waals surface area (Å²) in [7, 11) is -2.73. The number of esters is 1. The van der Waals surface area contributed by atoms with Crippen LogP contribution in [0.2, 0.25) is 0 Å². The van der Waals surface area contributed by atoms with E-state index >= 15 is 0 Å². The number of rotatable bonds is 6. The largest absolute Gasteiger partial charge is 0.465 e. The Kier molecular flexibility index (Phi) is 7.03. The average molecular weight is 626 g/mol. The second kappa shape index (κ2) is 11.0. The number of halogens is 1. The predicted molar refractivity (Wildman–Crippen MR) is 166 cm³/mol. The number of carbonyl (C=O) groups excluding carboxylic acids is 1. The molecule has 228 valence electrons. The van der Waals surface area contributed by atoms with Gasteiger partial charge in [-0.3, -0.25) is 0 Å². The van der Waals surface area contributed by atoms with E-state index in [2.05, 4.69) is 5.10 Å². The highest BCUT2D eigenvalue weighted by molar-refractivity contribution is 7.90. The molecule has 0 bridgehead atoms. The molecule has 3 heterocycles. The lowest BCUT2D eigenvalue weighted by atomic mass is 9.85. The maximum absolute atomic E-state index is 14.1. The van der Waals surface area contributed by atoms with Crippen LogP contribution in [0.15, 0.2) is 102 Å². The lowest BCUT2D eigenvalue weighted by Crippen LogP contribution is -2.35. The molecular weight excluding hydrogens is 597 g/mol. The Morgan fingerprint density at radius 1 is 0.956 bits per heavy atom. The Morgan fingerprint density at radius 3 is 2.31 bits per heavy atom. The maximum atomic E-state index is 14.1. The van der Waals surface area contributed by atoms with E-state index < -0.39 is 27.4 Å². The third kappa shape index (κ3) is 4.80. The fraction of sp³-hybridized carbons (Fsp3) is 0.176. The molecule has 45 heavy (non-hydrogen) atoms. The fourth-order valence-electron chi connectivity index (χ4n) is 6.10. The second-order valence-electron chi connectivity index (χ2n) is 11.0. The Bertz CT molecular complexity index is 2170. The minimum Gasteiger partial charge on any atom is -0.465 e. The smallest absolute Gasteiger partial charge is 0.337 e. The molecule has 0 radical (unpaired) electrons. The molecule has 1 saturated heterocycles. The van der Waals surface area contributed by atoms with Crippen LogP contribution in [0.5, 0.6) is 0 Å². The number of carbonyl (C=O) groups is 1. The number of aromatic nitrogens is 3. The van der Waals surface area contributed by atoms with Gasteiger partial charge in [-0.2, -0.15) is 17.6 Å². The Hall–Kier alpha value is -4.84. The molecule has 0 spiro atoms. The van der Waals surface area contributed by atoms with Crippen molar-refractivity contribution in [3.05, 3.63) is 114 Å². The number of hydrogen-bond acceptors (Lipinski definition) is 7. The number of aliphatic hydroxyl groups is 1. The van der Waals surface area contributed by atoms with Crippen molar-refractivity contribution in [3.8, 4) is 16.8 Å². The molecule has 1 fully saturated rings. The molecule has 6 aromatic rings. The molecule has 1 aliphatic rings. The van der Waals surface area contributed by atoms with Crippen LogP contribution in [0.1, 0.15) is 28.9 Å². The van der Waals surface area contributed by atoms with Crippen molar-refractivity contribution in [1.29, 1.82) is 0 Å². The van der Waals surface area contributed by atoms with Gasteiger partial charge in [-0.1, -0.05) is 30.3 Å². The highest BCUT2D eigenvalue weighted by Crippen LogP contribution is 2.46. The number of nitrogens with zero attached hydrogens (tertiary/aromatic N) is 3. The van der Waals surface area contributed by atoms with Crippen molar-refractivity contribution in [2.75, 3.05) is 20.3 Å². The van der Waals surface area contributed by atoms with E-state index in [0.717, 1.165) is 4.09 Å². The normalized spacial score (nSPS) is 15.0. The highest BCUT2D eigenvalue weighted by atomic mass is 32.2. The number of fused-ring (bicyclic) bond motifs is 2. The molecular formula is C34H28FN3O6S. The summed E-state index contributed by atoms with van der Waals surface area (Å²) in [6.07, 6.45) is 2.09. The summed E-state index contributed by atoms with van der Waals surface area (Å²) < 4.78 is 55.0. The predicted octanol–water partition coefficient (Wildman–Crippen LogP) is 5.81. The summed E-state index contributed by atoms with van der Waals surface area (Å²) in [5.74, 6) is -0.898. The summed E-state index contributed by atoms with van der Waals surface area (Å²) in [6.45, 7) is 0.656. The Morgan fingerprint density at radius 2 is 1.64 bits per heavy atom. The van der Waals surface area contributed by atoms with Crippen molar-refractivity contribution in [3.63, 3.8) is 0 Å². The van der Waals surface area contributed by atoms with Gasteiger partial charge in [-0.15, -0.1) is 0 Å². The van der Waals surface area contributed by atoms with Crippen LogP contribution in [-0.2, 0) is 25.1 Å². The molecule has 0 atom stereocenters. The van der Waals surface area contributed by atoms with Crippen LogP contribution in [0, 0.1) is 5.82 Å². The molecule has 0 unspecified atom stereocenters. The highest BCUT2D eigenvalue weighted by Gasteiger charge is 2.39. The van der Waals surface area contributed by atoms with E-state index in [1.165, 1.54) is 37.6 Å².